The maximum absolute atomic E-state index is 10.9. The van der Waals surface area contributed by atoms with E-state index in [9.17, 15) is 4.79 Å². The number of carboxylic acids is 1. The maximum Gasteiger partial charge on any atom is 0.311 e. The Hall–Kier alpha value is -0.580. The van der Waals surface area contributed by atoms with Crippen molar-refractivity contribution in [2.75, 3.05) is 13.1 Å². The van der Waals surface area contributed by atoms with E-state index in [1.807, 2.05) is 12.1 Å². The molecule has 1 saturated heterocycles. The lowest BCUT2D eigenvalue weighted by Crippen LogP contribution is -2.57. The summed E-state index contributed by atoms with van der Waals surface area (Å²) in [6.45, 7) is 3.84. The molecule has 0 saturated carbocycles. The number of likely N-dealkylation sites (tertiary alicyclic amines) is 1. The lowest BCUT2D eigenvalue weighted by molar-refractivity contribution is -0.158. The van der Waals surface area contributed by atoms with Crippen LogP contribution in [0.3, 0.4) is 0 Å². The molecule has 2 rings (SSSR count). The van der Waals surface area contributed by atoms with Crippen LogP contribution in [0.15, 0.2) is 12.1 Å². The standard InChI is InChI=1S/C10H12ClNO2S/c1-10(9(13)14)5-12(6-10)4-7-2-3-8(11)15-7/h2-3H,4-6H2,1H3,(H,13,14). The van der Waals surface area contributed by atoms with Crippen LogP contribution in [0, 0.1) is 5.41 Å². The van der Waals surface area contributed by atoms with Crippen molar-refractivity contribution in [3.63, 3.8) is 0 Å². The quantitative estimate of drug-likeness (QED) is 0.889. The molecule has 0 bridgehead atoms. The number of aliphatic carboxylic acids is 1. The predicted octanol–water partition coefficient (Wildman–Crippen LogP) is 2.31. The van der Waals surface area contributed by atoms with E-state index in [2.05, 4.69) is 4.90 Å². The number of carboxylic acid groups (broad SMARTS) is 1. The van der Waals surface area contributed by atoms with Gasteiger partial charge in [-0.2, -0.15) is 0 Å². The number of nitrogens with zero attached hydrogens (tertiary/aromatic N) is 1. The van der Waals surface area contributed by atoms with E-state index >= 15 is 0 Å². The Bertz CT molecular complexity index is 385. The van der Waals surface area contributed by atoms with Gasteiger partial charge in [0.15, 0.2) is 0 Å². The highest BCUT2D eigenvalue weighted by Gasteiger charge is 2.45. The van der Waals surface area contributed by atoms with Gasteiger partial charge in [0.05, 0.1) is 9.75 Å². The van der Waals surface area contributed by atoms with E-state index < -0.39 is 11.4 Å². The summed E-state index contributed by atoms with van der Waals surface area (Å²) in [7, 11) is 0. The molecule has 5 heteroatoms. The molecule has 0 atom stereocenters. The first-order valence-electron chi connectivity index (χ1n) is 4.69. The zero-order valence-corrected chi connectivity index (χ0v) is 9.94. The number of hydrogen-bond acceptors (Lipinski definition) is 3. The fraction of sp³-hybridized carbons (Fsp3) is 0.500. The Morgan fingerprint density at radius 2 is 2.33 bits per heavy atom. The van der Waals surface area contributed by atoms with Crippen molar-refractivity contribution in [3.8, 4) is 0 Å². The lowest BCUT2D eigenvalue weighted by atomic mass is 9.82. The summed E-state index contributed by atoms with van der Waals surface area (Å²) >= 11 is 7.37. The van der Waals surface area contributed by atoms with Gasteiger partial charge in [-0.1, -0.05) is 11.6 Å². The van der Waals surface area contributed by atoms with Gasteiger partial charge in [-0.3, -0.25) is 9.69 Å². The summed E-state index contributed by atoms with van der Waals surface area (Å²) in [5.74, 6) is -0.706. The molecule has 0 amide bonds. The molecule has 0 unspecified atom stereocenters. The van der Waals surface area contributed by atoms with E-state index in [-0.39, 0.29) is 0 Å². The normalized spacial score (nSPS) is 19.9. The second-order valence-electron chi connectivity index (χ2n) is 4.22. The first-order chi connectivity index (χ1) is 6.99. The maximum atomic E-state index is 10.9. The SMILES string of the molecule is CC1(C(=O)O)CN(Cc2ccc(Cl)s2)C1. The first kappa shape index (κ1) is 10.9. The average molecular weight is 246 g/mol. The van der Waals surface area contributed by atoms with Crippen molar-refractivity contribution in [3.05, 3.63) is 21.3 Å². The molecular weight excluding hydrogens is 234 g/mol. The van der Waals surface area contributed by atoms with E-state index in [1.165, 1.54) is 4.88 Å². The van der Waals surface area contributed by atoms with Crippen LogP contribution in [0.25, 0.3) is 0 Å². The summed E-state index contributed by atoms with van der Waals surface area (Å²) in [6.07, 6.45) is 0. The van der Waals surface area contributed by atoms with Crippen LogP contribution in [0.1, 0.15) is 11.8 Å². The Balaban J connectivity index is 1.88. The zero-order valence-electron chi connectivity index (χ0n) is 8.36. The molecule has 1 aliphatic heterocycles. The third-order valence-electron chi connectivity index (χ3n) is 2.67. The molecule has 1 aromatic rings. The zero-order chi connectivity index (χ0) is 11.1. The van der Waals surface area contributed by atoms with Crippen LogP contribution in [-0.4, -0.2) is 29.1 Å². The molecule has 2 heterocycles. The van der Waals surface area contributed by atoms with Gasteiger partial charge in [0, 0.05) is 24.5 Å². The smallest absolute Gasteiger partial charge is 0.311 e. The third-order valence-corrected chi connectivity index (χ3v) is 3.89. The van der Waals surface area contributed by atoms with E-state index in [0.717, 1.165) is 10.9 Å². The van der Waals surface area contributed by atoms with Crippen LogP contribution in [0.4, 0.5) is 0 Å². The minimum atomic E-state index is -0.706. The van der Waals surface area contributed by atoms with Gasteiger partial charge < -0.3 is 5.11 Å². The Morgan fingerprint density at radius 1 is 1.67 bits per heavy atom. The molecule has 0 spiro atoms. The number of rotatable bonds is 3. The second-order valence-corrected chi connectivity index (χ2v) is 6.02. The highest BCUT2D eigenvalue weighted by atomic mass is 35.5. The molecule has 15 heavy (non-hydrogen) atoms. The molecule has 82 valence electrons. The van der Waals surface area contributed by atoms with Gasteiger partial charge >= 0.3 is 5.97 Å². The molecule has 0 radical (unpaired) electrons. The molecule has 0 aromatic carbocycles. The summed E-state index contributed by atoms with van der Waals surface area (Å²) < 4.78 is 0.784. The summed E-state index contributed by atoms with van der Waals surface area (Å²) in [5.41, 5.74) is -0.555. The van der Waals surface area contributed by atoms with Crippen LogP contribution in [0.5, 0.6) is 0 Å². The molecule has 1 aliphatic rings. The van der Waals surface area contributed by atoms with Gasteiger partial charge in [-0.15, -0.1) is 11.3 Å². The van der Waals surface area contributed by atoms with Crippen LogP contribution in [0.2, 0.25) is 4.34 Å². The molecule has 0 aliphatic carbocycles. The predicted molar refractivity (Wildman–Crippen MR) is 60.3 cm³/mol. The Labute approximate surface area is 97.3 Å². The van der Waals surface area contributed by atoms with Crippen molar-refractivity contribution in [2.24, 2.45) is 5.41 Å². The van der Waals surface area contributed by atoms with Gasteiger partial charge in [0.25, 0.3) is 0 Å². The summed E-state index contributed by atoms with van der Waals surface area (Å²) in [5, 5.41) is 8.94. The molecule has 1 N–H and O–H groups in total. The number of carbonyl (C=O) groups is 1. The molecule has 1 fully saturated rings. The summed E-state index contributed by atoms with van der Waals surface area (Å²) in [4.78, 5) is 14.2. The second kappa shape index (κ2) is 3.77. The number of halogens is 1. The van der Waals surface area contributed by atoms with Crippen molar-refractivity contribution >= 4 is 28.9 Å². The van der Waals surface area contributed by atoms with Crippen molar-refractivity contribution in [1.82, 2.24) is 4.90 Å². The number of hydrogen-bond donors (Lipinski definition) is 1. The van der Waals surface area contributed by atoms with Crippen molar-refractivity contribution < 1.29 is 9.90 Å². The largest absolute Gasteiger partial charge is 0.481 e. The van der Waals surface area contributed by atoms with E-state index in [0.29, 0.717) is 13.1 Å². The Kier molecular flexibility index (Phi) is 2.75. The fourth-order valence-electron chi connectivity index (χ4n) is 1.84. The van der Waals surface area contributed by atoms with Gasteiger partial charge in [-0.25, -0.2) is 0 Å². The molecular formula is C10H12ClNO2S. The van der Waals surface area contributed by atoms with Gasteiger partial charge in [-0.05, 0) is 19.1 Å². The first-order valence-corrected chi connectivity index (χ1v) is 5.89. The van der Waals surface area contributed by atoms with Crippen LogP contribution in [-0.2, 0) is 11.3 Å². The highest BCUT2D eigenvalue weighted by Crippen LogP contribution is 2.32. The van der Waals surface area contributed by atoms with E-state index in [4.69, 9.17) is 16.7 Å². The van der Waals surface area contributed by atoms with E-state index in [1.54, 1.807) is 18.3 Å². The van der Waals surface area contributed by atoms with Gasteiger partial charge in [0.2, 0.25) is 0 Å². The van der Waals surface area contributed by atoms with Crippen molar-refractivity contribution in [1.29, 1.82) is 0 Å². The lowest BCUT2D eigenvalue weighted by Gasteiger charge is -2.44. The van der Waals surface area contributed by atoms with Crippen molar-refractivity contribution in [2.45, 2.75) is 13.5 Å². The fourth-order valence-corrected chi connectivity index (χ4v) is 2.97. The van der Waals surface area contributed by atoms with Gasteiger partial charge in [0.1, 0.15) is 0 Å². The molecule has 1 aromatic heterocycles. The summed E-state index contributed by atoms with van der Waals surface area (Å²) in [6, 6.07) is 3.86. The van der Waals surface area contributed by atoms with Crippen LogP contribution >= 0.6 is 22.9 Å². The topological polar surface area (TPSA) is 40.5 Å². The Morgan fingerprint density at radius 3 is 2.80 bits per heavy atom. The monoisotopic (exact) mass is 245 g/mol. The third kappa shape index (κ3) is 2.17. The minimum Gasteiger partial charge on any atom is -0.481 e. The van der Waals surface area contributed by atoms with Crippen LogP contribution < -0.4 is 0 Å². The highest BCUT2D eigenvalue weighted by molar-refractivity contribution is 7.16. The molecule has 3 nitrogen and oxygen atoms in total. The average Bonchev–Trinajstić information content (AvgIpc) is 2.48. The minimum absolute atomic E-state index is 0.555. The number of thiophene rings is 1.